The van der Waals surface area contributed by atoms with Crippen LogP contribution in [0.1, 0.15) is 16.7 Å². The average molecular weight is 357 g/mol. The predicted octanol–water partition coefficient (Wildman–Crippen LogP) is 3.94. The Morgan fingerprint density at radius 1 is 1.11 bits per heavy atom. The predicted molar refractivity (Wildman–Crippen MR) is 106 cm³/mol. The number of pyridine rings is 1. The molecule has 134 valence electrons. The first kappa shape index (κ1) is 16.8. The second-order valence-electron chi connectivity index (χ2n) is 6.44. The Balaban J connectivity index is 1.78. The van der Waals surface area contributed by atoms with Gasteiger partial charge in [-0.15, -0.1) is 0 Å². The van der Waals surface area contributed by atoms with Crippen LogP contribution in [-0.2, 0) is 11.3 Å². The van der Waals surface area contributed by atoms with Crippen molar-refractivity contribution in [3.63, 3.8) is 0 Å². The molecule has 27 heavy (non-hydrogen) atoms. The summed E-state index contributed by atoms with van der Waals surface area (Å²) in [6.07, 6.45) is 5.09. The Bertz CT molecular complexity index is 1030. The van der Waals surface area contributed by atoms with Gasteiger partial charge >= 0.3 is 0 Å². The van der Waals surface area contributed by atoms with Crippen molar-refractivity contribution in [2.45, 2.75) is 13.5 Å². The lowest BCUT2D eigenvalue weighted by atomic mass is 10.1. The Labute approximate surface area is 157 Å². The van der Waals surface area contributed by atoms with Crippen molar-refractivity contribution in [1.82, 2.24) is 4.98 Å². The largest absolute Gasteiger partial charge is 0.449 e. The lowest BCUT2D eigenvalue weighted by Crippen LogP contribution is -2.37. The zero-order valence-corrected chi connectivity index (χ0v) is 14.9. The first-order valence-electron chi connectivity index (χ1n) is 8.67. The molecule has 1 aliphatic heterocycles. The maximum atomic E-state index is 13.2. The van der Waals surface area contributed by atoms with Crippen LogP contribution in [0, 0.1) is 6.92 Å². The Kier molecular flexibility index (Phi) is 4.34. The number of benzene rings is 2. The number of anilines is 2. The number of nitrogens with two attached hydrogens (primary N) is 1. The zero-order valence-electron chi connectivity index (χ0n) is 14.9. The molecule has 0 radical (unpaired) electrons. The number of aromatic nitrogens is 1. The third kappa shape index (κ3) is 3.40. The molecule has 2 heterocycles. The van der Waals surface area contributed by atoms with Crippen LogP contribution in [0.25, 0.3) is 6.08 Å². The van der Waals surface area contributed by atoms with Crippen LogP contribution in [0.5, 0.6) is 5.75 Å². The molecule has 0 unspecified atom stereocenters. The average Bonchev–Trinajstić information content (AvgIpc) is 2.68. The number of ether oxygens (including phenoxy) is 1. The van der Waals surface area contributed by atoms with Gasteiger partial charge in [0.15, 0.2) is 11.5 Å². The van der Waals surface area contributed by atoms with Crippen LogP contribution in [0.15, 0.2) is 72.8 Å². The van der Waals surface area contributed by atoms with Crippen LogP contribution in [0.3, 0.4) is 0 Å². The number of rotatable bonds is 3. The van der Waals surface area contributed by atoms with Crippen LogP contribution in [0.2, 0.25) is 0 Å². The van der Waals surface area contributed by atoms with Crippen molar-refractivity contribution in [3.05, 3.63) is 89.4 Å². The van der Waals surface area contributed by atoms with Gasteiger partial charge in [0.25, 0.3) is 5.91 Å². The minimum Gasteiger partial charge on any atom is -0.449 e. The molecule has 0 atom stereocenters. The highest BCUT2D eigenvalue weighted by atomic mass is 16.5. The summed E-state index contributed by atoms with van der Waals surface area (Å²) in [5.41, 5.74) is 10.3. The number of hydrogen-bond acceptors (Lipinski definition) is 4. The molecule has 1 aromatic heterocycles. The van der Waals surface area contributed by atoms with Gasteiger partial charge in [0.2, 0.25) is 0 Å². The Morgan fingerprint density at radius 3 is 2.67 bits per heavy atom. The molecule has 1 aliphatic rings. The van der Waals surface area contributed by atoms with Crippen molar-refractivity contribution in [2.24, 2.45) is 0 Å². The van der Waals surface area contributed by atoms with Gasteiger partial charge < -0.3 is 10.5 Å². The van der Waals surface area contributed by atoms with Crippen molar-refractivity contribution in [3.8, 4) is 5.75 Å². The van der Waals surface area contributed by atoms with E-state index in [-0.39, 0.29) is 11.7 Å². The SMILES string of the molecule is Cc1ccccc1CN1C(=O)/C(=C\c2ccncc2)Oc2ccc(N)cc21. The van der Waals surface area contributed by atoms with Crippen molar-refractivity contribution >= 4 is 23.4 Å². The third-order valence-corrected chi connectivity index (χ3v) is 4.54. The maximum absolute atomic E-state index is 13.2. The van der Waals surface area contributed by atoms with Gasteiger partial charge in [0, 0.05) is 18.1 Å². The van der Waals surface area contributed by atoms with Gasteiger partial charge in [-0.25, -0.2) is 0 Å². The first-order chi connectivity index (χ1) is 13.1. The van der Waals surface area contributed by atoms with Gasteiger partial charge in [0.1, 0.15) is 0 Å². The number of carbonyl (C=O) groups excluding carboxylic acids is 1. The summed E-state index contributed by atoms with van der Waals surface area (Å²) in [5, 5.41) is 0. The van der Waals surface area contributed by atoms with Gasteiger partial charge in [-0.2, -0.15) is 0 Å². The molecule has 0 spiro atoms. The topological polar surface area (TPSA) is 68.5 Å². The van der Waals surface area contributed by atoms with E-state index in [1.807, 2.05) is 43.3 Å². The van der Waals surface area contributed by atoms with Gasteiger partial charge in [0.05, 0.1) is 12.2 Å². The number of carbonyl (C=O) groups is 1. The monoisotopic (exact) mass is 357 g/mol. The van der Waals surface area contributed by atoms with Crippen LogP contribution < -0.4 is 15.4 Å². The number of amides is 1. The molecule has 3 aromatic rings. The molecule has 1 amide bonds. The van der Waals surface area contributed by atoms with Crippen molar-refractivity contribution in [1.29, 1.82) is 0 Å². The number of fused-ring (bicyclic) bond motifs is 1. The lowest BCUT2D eigenvalue weighted by molar-refractivity contribution is -0.117. The Morgan fingerprint density at radius 2 is 1.89 bits per heavy atom. The summed E-state index contributed by atoms with van der Waals surface area (Å²) < 4.78 is 5.90. The molecule has 4 rings (SSSR count). The maximum Gasteiger partial charge on any atom is 0.294 e. The fraction of sp³-hybridized carbons (Fsp3) is 0.0909. The first-order valence-corrected chi connectivity index (χ1v) is 8.67. The van der Waals surface area contributed by atoms with Crippen LogP contribution >= 0.6 is 0 Å². The normalized spacial score (nSPS) is 14.8. The zero-order chi connectivity index (χ0) is 18.8. The van der Waals surface area contributed by atoms with E-state index < -0.39 is 0 Å². The Hall–Kier alpha value is -3.60. The summed E-state index contributed by atoms with van der Waals surface area (Å²) in [6.45, 7) is 2.48. The van der Waals surface area contributed by atoms with E-state index in [2.05, 4.69) is 4.98 Å². The molecule has 0 saturated carbocycles. The molecule has 0 saturated heterocycles. The molecule has 2 aromatic carbocycles. The fourth-order valence-electron chi connectivity index (χ4n) is 3.05. The number of hydrogen-bond donors (Lipinski definition) is 1. The summed E-state index contributed by atoms with van der Waals surface area (Å²) in [4.78, 5) is 18.9. The number of aryl methyl sites for hydroxylation is 1. The van der Waals surface area contributed by atoms with E-state index in [1.54, 1.807) is 41.6 Å². The van der Waals surface area contributed by atoms with Crippen molar-refractivity contribution < 1.29 is 9.53 Å². The van der Waals surface area contributed by atoms with Gasteiger partial charge in [-0.3, -0.25) is 14.7 Å². The van der Waals surface area contributed by atoms with E-state index in [4.69, 9.17) is 10.5 Å². The quantitative estimate of drug-likeness (QED) is 0.569. The third-order valence-electron chi connectivity index (χ3n) is 4.54. The molecule has 0 aliphatic carbocycles. The minimum atomic E-state index is -0.201. The lowest BCUT2D eigenvalue weighted by Gasteiger charge is -2.31. The van der Waals surface area contributed by atoms with E-state index in [0.29, 0.717) is 23.7 Å². The summed E-state index contributed by atoms with van der Waals surface area (Å²) in [7, 11) is 0. The molecule has 5 nitrogen and oxygen atoms in total. The number of nitrogens with zero attached hydrogens (tertiary/aromatic N) is 2. The summed E-state index contributed by atoms with van der Waals surface area (Å²) in [5.74, 6) is 0.679. The minimum absolute atomic E-state index is 0.201. The van der Waals surface area contributed by atoms with E-state index in [9.17, 15) is 4.79 Å². The van der Waals surface area contributed by atoms with Gasteiger partial charge in [-0.1, -0.05) is 24.3 Å². The molecular formula is C22H19N3O2. The van der Waals surface area contributed by atoms with Crippen LogP contribution in [0.4, 0.5) is 11.4 Å². The standard InChI is InChI=1S/C22H19N3O2/c1-15-4-2-3-5-17(15)14-25-19-13-18(23)6-7-20(19)27-21(22(25)26)12-16-8-10-24-11-9-16/h2-13H,14,23H2,1H3/b21-12+. The van der Waals surface area contributed by atoms with E-state index in [0.717, 1.165) is 16.7 Å². The molecule has 5 heteroatoms. The molecule has 2 N–H and O–H groups in total. The highest BCUT2D eigenvalue weighted by Crippen LogP contribution is 2.38. The smallest absolute Gasteiger partial charge is 0.294 e. The van der Waals surface area contributed by atoms with Crippen molar-refractivity contribution in [2.75, 3.05) is 10.6 Å². The summed E-state index contributed by atoms with van der Waals surface area (Å²) in [6, 6.07) is 17.0. The second-order valence-corrected chi connectivity index (χ2v) is 6.44. The number of nitrogen functional groups attached to an aromatic ring is 1. The second kappa shape index (κ2) is 6.96. The highest BCUT2D eigenvalue weighted by Gasteiger charge is 2.30. The molecule has 0 fully saturated rings. The fourth-order valence-corrected chi connectivity index (χ4v) is 3.05. The van der Waals surface area contributed by atoms with Gasteiger partial charge in [-0.05, 0) is 60.0 Å². The molecule has 0 bridgehead atoms. The van der Waals surface area contributed by atoms with E-state index in [1.165, 1.54) is 0 Å². The molecular weight excluding hydrogens is 338 g/mol. The highest BCUT2D eigenvalue weighted by molar-refractivity contribution is 6.10. The summed E-state index contributed by atoms with van der Waals surface area (Å²) >= 11 is 0. The van der Waals surface area contributed by atoms with Crippen LogP contribution in [-0.4, -0.2) is 10.9 Å². The van der Waals surface area contributed by atoms with E-state index >= 15 is 0 Å².